The molecule has 0 spiro atoms. The zero-order valence-corrected chi connectivity index (χ0v) is 17.0. The number of thioether (sulfide) groups is 1. The Hall–Kier alpha value is -2.29. The summed E-state index contributed by atoms with van der Waals surface area (Å²) >= 11 is 13.1. The minimum absolute atomic E-state index is 0.102. The van der Waals surface area contributed by atoms with E-state index in [1.54, 1.807) is 30.3 Å². The number of amides is 1. The monoisotopic (exact) mass is 439 g/mol. The van der Waals surface area contributed by atoms with E-state index in [1.165, 1.54) is 16.8 Å². The van der Waals surface area contributed by atoms with Gasteiger partial charge in [0, 0.05) is 5.56 Å². The van der Waals surface area contributed by atoms with Crippen molar-refractivity contribution in [1.29, 1.82) is 0 Å². The van der Waals surface area contributed by atoms with Crippen molar-refractivity contribution in [3.63, 3.8) is 0 Å². The molecule has 1 atom stereocenters. The predicted octanol–water partition coefficient (Wildman–Crippen LogP) is 4.07. The number of nitrogens with one attached hydrogen (secondary N) is 1. The summed E-state index contributed by atoms with van der Waals surface area (Å²) in [6.45, 7) is 1.85. The summed E-state index contributed by atoms with van der Waals surface area (Å²) in [5.74, 6) is 5.93. The van der Waals surface area contributed by atoms with Crippen molar-refractivity contribution in [3.8, 4) is 11.4 Å². The first-order valence-electron chi connectivity index (χ1n) is 8.18. The van der Waals surface area contributed by atoms with E-state index < -0.39 is 0 Å². The van der Waals surface area contributed by atoms with Crippen molar-refractivity contribution in [1.82, 2.24) is 20.2 Å². The van der Waals surface area contributed by atoms with E-state index in [9.17, 15) is 9.18 Å². The van der Waals surface area contributed by atoms with Gasteiger partial charge in [-0.15, -0.1) is 10.2 Å². The zero-order chi connectivity index (χ0) is 20.3. The molecule has 0 aliphatic heterocycles. The molecule has 1 heterocycles. The third kappa shape index (κ3) is 4.76. The largest absolute Gasteiger partial charge is 0.349 e. The van der Waals surface area contributed by atoms with Crippen molar-refractivity contribution in [2.45, 2.75) is 18.1 Å². The molecule has 1 amide bonds. The Morgan fingerprint density at radius 1 is 1.21 bits per heavy atom. The Bertz CT molecular complexity index is 996. The van der Waals surface area contributed by atoms with Crippen LogP contribution in [-0.4, -0.2) is 26.5 Å². The molecule has 1 aromatic heterocycles. The maximum Gasteiger partial charge on any atom is 0.230 e. The fourth-order valence-electron chi connectivity index (χ4n) is 2.45. The minimum atomic E-state index is -0.353. The van der Waals surface area contributed by atoms with Gasteiger partial charge in [-0.25, -0.2) is 9.07 Å². The van der Waals surface area contributed by atoms with E-state index in [0.29, 0.717) is 26.6 Å². The first kappa shape index (κ1) is 20.4. The highest BCUT2D eigenvalue weighted by Gasteiger charge is 2.16. The predicted molar refractivity (Wildman–Crippen MR) is 109 cm³/mol. The van der Waals surface area contributed by atoms with Crippen LogP contribution in [0.3, 0.4) is 0 Å². The molecule has 2 aromatic carbocycles. The van der Waals surface area contributed by atoms with Crippen LogP contribution in [0.15, 0.2) is 47.6 Å². The first-order chi connectivity index (χ1) is 13.3. The Labute approximate surface area is 175 Å². The summed E-state index contributed by atoms with van der Waals surface area (Å²) in [4.78, 5) is 12.2. The number of nitrogens with zero attached hydrogens (tertiary/aromatic N) is 3. The number of nitrogens with two attached hydrogens (primary N) is 1. The van der Waals surface area contributed by atoms with E-state index in [1.807, 2.05) is 6.92 Å². The highest BCUT2D eigenvalue weighted by molar-refractivity contribution is 7.99. The smallest absolute Gasteiger partial charge is 0.230 e. The summed E-state index contributed by atoms with van der Waals surface area (Å²) < 4.78 is 14.3. The second kappa shape index (κ2) is 8.81. The maximum atomic E-state index is 13.0. The maximum absolute atomic E-state index is 13.0. The molecule has 0 fully saturated rings. The summed E-state index contributed by atoms with van der Waals surface area (Å²) in [7, 11) is 0. The normalized spacial score (nSPS) is 12.0. The average molecular weight is 440 g/mol. The molecule has 28 heavy (non-hydrogen) atoms. The lowest BCUT2D eigenvalue weighted by molar-refractivity contribution is -0.119. The number of carbonyl (C=O) groups is 1. The van der Waals surface area contributed by atoms with Crippen LogP contribution < -0.4 is 11.2 Å². The van der Waals surface area contributed by atoms with Gasteiger partial charge in [0.1, 0.15) is 5.82 Å². The van der Waals surface area contributed by atoms with Gasteiger partial charge in [0.2, 0.25) is 11.1 Å². The fraction of sp³-hybridized carbons (Fsp3) is 0.167. The van der Waals surface area contributed by atoms with Crippen LogP contribution in [0.4, 0.5) is 4.39 Å². The second-order valence-electron chi connectivity index (χ2n) is 5.93. The van der Waals surface area contributed by atoms with Crippen molar-refractivity contribution in [2.75, 3.05) is 11.6 Å². The number of hydrogen-bond donors (Lipinski definition) is 2. The molecule has 1 unspecified atom stereocenters. The van der Waals surface area contributed by atoms with E-state index in [-0.39, 0.29) is 23.5 Å². The molecule has 6 nitrogen and oxygen atoms in total. The number of hydrogen-bond acceptors (Lipinski definition) is 5. The van der Waals surface area contributed by atoms with Crippen LogP contribution in [0.5, 0.6) is 0 Å². The minimum Gasteiger partial charge on any atom is -0.349 e. The Balaban J connectivity index is 1.60. The van der Waals surface area contributed by atoms with Gasteiger partial charge in [-0.3, -0.25) is 4.79 Å². The van der Waals surface area contributed by atoms with Gasteiger partial charge < -0.3 is 11.2 Å². The van der Waals surface area contributed by atoms with Gasteiger partial charge in [0.15, 0.2) is 5.82 Å². The summed E-state index contributed by atoms with van der Waals surface area (Å²) in [5, 5.41) is 12.1. The molecular formula is C18H16Cl2FN5OS. The van der Waals surface area contributed by atoms with Gasteiger partial charge in [-0.2, -0.15) is 0 Å². The quantitative estimate of drug-likeness (QED) is 0.446. The lowest BCUT2D eigenvalue weighted by atomic mass is 10.1. The third-order valence-corrected chi connectivity index (χ3v) is 5.60. The SMILES string of the molecule is CC(NC(=O)CSc1nnc(-c2ccc(F)cc2)n1N)c1ccc(Cl)c(Cl)c1. The van der Waals surface area contributed by atoms with Gasteiger partial charge in [-0.1, -0.05) is 41.0 Å². The number of halogens is 3. The van der Waals surface area contributed by atoms with Gasteiger partial charge in [0.25, 0.3) is 0 Å². The summed E-state index contributed by atoms with van der Waals surface area (Å²) in [6, 6.07) is 10.7. The molecular weight excluding hydrogens is 424 g/mol. The van der Waals surface area contributed by atoms with Crippen LogP contribution >= 0.6 is 35.0 Å². The molecule has 0 aliphatic carbocycles. The number of benzene rings is 2. The fourth-order valence-corrected chi connectivity index (χ4v) is 3.42. The van der Waals surface area contributed by atoms with Gasteiger partial charge in [-0.05, 0) is 48.9 Å². The topological polar surface area (TPSA) is 85.8 Å². The summed E-state index contributed by atoms with van der Waals surface area (Å²) in [6.07, 6.45) is 0. The molecule has 0 aliphatic rings. The lowest BCUT2D eigenvalue weighted by Gasteiger charge is -2.14. The van der Waals surface area contributed by atoms with Crippen molar-refractivity contribution in [3.05, 3.63) is 63.9 Å². The van der Waals surface area contributed by atoms with Gasteiger partial charge >= 0.3 is 0 Å². The Kier molecular flexibility index (Phi) is 6.43. The van der Waals surface area contributed by atoms with Crippen molar-refractivity contribution in [2.24, 2.45) is 0 Å². The summed E-state index contributed by atoms with van der Waals surface area (Å²) in [5.41, 5.74) is 1.47. The highest BCUT2D eigenvalue weighted by Crippen LogP contribution is 2.26. The van der Waals surface area contributed by atoms with Crippen molar-refractivity contribution < 1.29 is 9.18 Å². The molecule has 0 saturated heterocycles. The molecule has 3 rings (SSSR count). The molecule has 3 aromatic rings. The Morgan fingerprint density at radius 2 is 1.93 bits per heavy atom. The first-order valence-corrected chi connectivity index (χ1v) is 9.93. The van der Waals surface area contributed by atoms with Crippen LogP contribution in [0.2, 0.25) is 10.0 Å². The lowest BCUT2D eigenvalue weighted by Crippen LogP contribution is -2.28. The van der Waals surface area contributed by atoms with Gasteiger partial charge in [0.05, 0.1) is 21.8 Å². The van der Waals surface area contributed by atoms with Crippen LogP contribution in [0.1, 0.15) is 18.5 Å². The van der Waals surface area contributed by atoms with E-state index in [0.717, 1.165) is 17.3 Å². The van der Waals surface area contributed by atoms with Crippen LogP contribution in [0.25, 0.3) is 11.4 Å². The molecule has 146 valence electrons. The number of carbonyl (C=O) groups excluding carboxylic acids is 1. The second-order valence-corrected chi connectivity index (χ2v) is 7.69. The standard InChI is InChI=1S/C18H16Cl2FN5OS/c1-10(12-4-7-14(19)15(20)8-12)23-16(27)9-28-18-25-24-17(26(18)22)11-2-5-13(21)6-3-11/h2-8,10H,9,22H2,1H3,(H,23,27). The number of aromatic nitrogens is 3. The third-order valence-electron chi connectivity index (χ3n) is 3.92. The molecule has 0 saturated carbocycles. The molecule has 0 radical (unpaired) electrons. The zero-order valence-electron chi connectivity index (χ0n) is 14.7. The average Bonchev–Trinajstić information content (AvgIpc) is 3.03. The van der Waals surface area contributed by atoms with Crippen LogP contribution in [0, 0.1) is 5.82 Å². The molecule has 0 bridgehead atoms. The van der Waals surface area contributed by atoms with Crippen LogP contribution in [-0.2, 0) is 4.79 Å². The van der Waals surface area contributed by atoms with E-state index in [2.05, 4.69) is 15.5 Å². The van der Waals surface area contributed by atoms with Crippen molar-refractivity contribution >= 4 is 40.9 Å². The Morgan fingerprint density at radius 3 is 2.61 bits per heavy atom. The molecule has 10 heteroatoms. The number of nitrogen functional groups attached to an aromatic ring is 1. The molecule has 3 N–H and O–H groups in total. The highest BCUT2D eigenvalue weighted by atomic mass is 35.5. The number of rotatable bonds is 6. The van der Waals surface area contributed by atoms with E-state index in [4.69, 9.17) is 29.0 Å². The van der Waals surface area contributed by atoms with E-state index >= 15 is 0 Å².